The van der Waals surface area contributed by atoms with Crippen LogP contribution in [0.4, 0.5) is 17.1 Å². The smallest absolute Gasteiger partial charge is 0.264 e. The first-order valence-corrected chi connectivity index (χ1v) is 23.1. The van der Waals surface area contributed by atoms with Crippen LogP contribution >= 0.6 is 11.3 Å². The lowest BCUT2D eigenvalue weighted by molar-refractivity contribution is 0.590. The lowest BCUT2D eigenvalue weighted by Gasteiger charge is -2.39. The van der Waals surface area contributed by atoms with Crippen molar-refractivity contribution in [1.29, 1.82) is 0 Å². The first-order valence-electron chi connectivity index (χ1n) is 22.3. The fourth-order valence-corrected chi connectivity index (χ4v) is 12.2. The second kappa shape index (κ2) is 12.9. The van der Waals surface area contributed by atoms with E-state index in [-0.39, 0.29) is 17.5 Å². The van der Waals surface area contributed by atoms with Crippen molar-refractivity contribution in [2.24, 2.45) is 0 Å². The molecule has 0 aliphatic carbocycles. The maximum atomic E-state index is 2.63. The number of para-hydroxylation sites is 3. The molecule has 0 spiro atoms. The van der Waals surface area contributed by atoms with Gasteiger partial charge in [0, 0.05) is 64.7 Å². The molecule has 0 saturated heterocycles. The van der Waals surface area contributed by atoms with Gasteiger partial charge in [0.2, 0.25) is 0 Å². The van der Waals surface area contributed by atoms with Gasteiger partial charge in [-0.15, -0.1) is 11.3 Å². The largest absolute Gasteiger partial charge is 0.310 e. The van der Waals surface area contributed by atoms with E-state index in [1.165, 1.54) is 120 Å². The number of benzene rings is 8. The van der Waals surface area contributed by atoms with Crippen LogP contribution in [0.25, 0.3) is 76.2 Å². The van der Waals surface area contributed by atoms with Gasteiger partial charge in [-0.25, -0.2) is 0 Å². The molecule has 0 unspecified atom stereocenters. The predicted molar refractivity (Wildman–Crippen MR) is 273 cm³/mol. The summed E-state index contributed by atoms with van der Waals surface area (Å²) in [5, 5.41) is 6.43. The van der Waals surface area contributed by atoms with E-state index in [4.69, 9.17) is 0 Å². The third-order valence-electron chi connectivity index (χ3n) is 14.0. The van der Waals surface area contributed by atoms with Crippen molar-refractivity contribution in [3.63, 3.8) is 0 Å². The van der Waals surface area contributed by atoms with E-state index in [2.05, 4.69) is 225 Å². The second-order valence-electron chi connectivity index (χ2n) is 19.8. The number of anilines is 3. The number of nitrogens with zero attached hydrogens (tertiary/aromatic N) is 3. The second-order valence-corrected chi connectivity index (χ2v) is 20.9. The Bertz CT molecular complexity index is 3690. The van der Waals surface area contributed by atoms with Gasteiger partial charge < -0.3 is 14.0 Å². The molecule has 5 heterocycles. The van der Waals surface area contributed by atoms with Crippen LogP contribution in [0.3, 0.4) is 0 Å². The molecular formula is C58H46BN3S. The summed E-state index contributed by atoms with van der Waals surface area (Å²) < 4.78 is 7.82. The molecule has 8 aromatic carbocycles. The molecule has 0 radical (unpaired) electrons. The van der Waals surface area contributed by atoms with Gasteiger partial charge in [0.15, 0.2) is 0 Å². The van der Waals surface area contributed by atoms with E-state index < -0.39 is 0 Å². The van der Waals surface area contributed by atoms with Crippen LogP contribution in [0, 0.1) is 0 Å². The Balaban J connectivity index is 1.19. The average Bonchev–Trinajstić information content (AvgIpc) is 3.95. The van der Waals surface area contributed by atoms with Gasteiger partial charge >= 0.3 is 0 Å². The molecule has 3 aromatic heterocycles. The van der Waals surface area contributed by atoms with Gasteiger partial charge in [0.05, 0.1) is 22.2 Å². The third kappa shape index (κ3) is 5.20. The zero-order valence-electron chi connectivity index (χ0n) is 36.5. The van der Waals surface area contributed by atoms with E-state index >= 15 is 0 Å². The Morgan fingerprint density at radius 2 is 1.08 bits per heavy atom. The third-order valence-corrected chi connectivity index (χ3v) is 15.2. The van der Waals surface area contributed by atoms with Crippen molar-refractivity contribution in [3.8, 4) is 22.5 Å². The standard InChI is InChI=1S/C58H46BN3S/c1-57(2,3)37-24-27-40(28-25-37)61-50-30-36(35-16-9-7-10-17-35)31-51-53(50)59(56-55(61)45-32-38(58(4,5)6)26-29-52(45)63-56)46-22-15-21-42-44-34-48-43(33-49(44)62(51)54(42)46)41-20-13-14-23-47(41)60(48)39-18-11-8-12-19-39/h7-34H,1-6H3. The Kier molecular flexibility index (Phi) is 7.52. The molecule has 63 heavy (non-hydrogen) atoms. The molecule has 0 fully saturated rings. The van der Waals surface area contributed by atoms with Crippen LogP contribution in [0.15, 0.2) is 170 Å². The summed E-state index contributed by atoms with van der Waals surface area (Å²) in [7, 11) is 0. The van der Waals surface area contributed by atoms with Gasteiger partial charge in [0.25, 0.3) is 6.71 Å². The monoisotopic (exact) mass is 827 g/mol. The number of rotatable bonds is 3. The quantitative estimate of drug-likeness (QED) is 0.162. The number of hydrogen-bond acceptors (Lipinski definition) is 2. The van der Waals surface area contributed by atoms with Crippen molar-refractivity contribution in [1.82, 2.24) is 9.13 Å². The summed E-state index contributed by atoms with van der Waals surface area (Å²) >= 11 is 1.98. The molecule has 2 aliphatic heterocycles. The summed E-state index contributed by atoms with van der Waals surface area (Å²) in [6.45, 7) is 14.0. The maximum Gasteiger partial charge on any atom is 0.264 e. The van der Waals surface area contributed by atoms with Gasteiger partial charge in [-0.3, -0.25) is 0 Å². The molecule has 0 amide bonds. The minimum atomic E-state index is 0.0106. The number of thiophene rings is 1. The molecule has 11 aromatic rings. The Labute approximate surface area is 372 Å². The predicted octanol–water partition coefficient (Wildman–Crippen LogP) is 14.0. The highest BCUT2D eigenvalue weighted by Crippen LogP contribution is 2.49. The summed E-state index contributed by atoms with van der Waals surface area (Å²) in [5.41, 5.74) is 19.1. The minimum Gasteiger partial charge on any atom is -0.310 e. The molecular weight excluding hydrogens is 782 g/mol. The van der Waals surface area contributed by atoms with Crippen LogP contribution in [-0.2, 0) is 10.8 Å². The highest BCUT2D eigenvalue weighted by atomic mass is 32.1. The Morgan fingerprint density at radius 1 is 0.444 bits per heavy atom. The van der Waals surface area contributed by atoms with Gasteiger partial charge in [-0.05, 0) is 111 Å². The van der Waals surface area contributed by atoms with Gasteiger partial charge in [-0.1, -0.05) is 145 Å². The van der Waals surface area contributed by atoms with Gasteiger partial charge in [0.1, 0.15) is 0 Å². The highest BCUT2D eigenvalue weighted by molar-refractivity contribution is 7.33. The first kappa shape index (κ1) is 36.8. The summed E-state index contributed by atoms with van der Waals surface area (Å²) in [6.07, 6.45) is 0. The van der Waals surface area contributed by atoms with E-state index in [0.717, 1.165) is 0 Å². The van der Waals surface area contributed by atoms with Crippen LogP contribution in [-0.4, -0.2) is 15.8 Å². The fourth-order valence-electron chi connectivity index (χ4n) is 10.9. The zero-order valence-corrected chi connectivity index (χ0v) is 37.3. The topological polar surface area (TPSA) is 13.1 Å². The van der Waals surface area contributed by atoms with Crippen LogP contribution in [0.2, 0.25) is 0 Å². The maximum absolute atomic E-state index is 2.63. The molecule has 302 valence electrons. The number of aromatic nitrogens is 2. The summed E-state index contributed by atoms with van der Waals surface area (Å²) in [5.74, 6) is 0. The normalized spacial score (nSPS) is 13.5. The summed E-state index contributed by atoms with van der Waals surface area (Å²) in [6, 6.07) is 64.4. The lowest BCUT2D eigenvalue weighted by Crippen LogP contribution is -2.59. The highest BCUT2D eigenvalue weighted by Gasteiger charge is 2.44. The van der Waals surface area contributed by atoms with Gasteiger partial charge in [-0.2, -0.15) is 0 Å². The molecule has 2 aliphatic rings. The van der Waals surface area contributed by atoms with Crippen LogP contribution < -0.4 is 20.6 Å². The zero-order chi connectivity index (χ0) is 42.5. The van der Waals surface area contributed by atoms with Crippen molar-refractivity contribution < 1.29 is 0 Å². The van der Waals surface area contributed by atoms with Crippen molar-refractivity contribution in [2.45, 2.75) is 52.4 Å². The van der Waals surface area contributed by atoms with Crippen molar-refractivity contribution in [2.75, 3.05) is 4.90 Å². The molecule has 0 bridgehead atoms. The molecule has 5 heteroatoms. The summed E-state index contributed by atoms with van der Waals surface area (Å²) in [4.78, 5) is 2.62. The molecule has 3 nitrogen and oxygen atoms in total. The molecule has 0 saturated carbocycles. The van der Waals surface area contributed by atoms with Crippen molar-refractivity contribution >= 4 is 105 Å². The molecule has 13 rings (SSSR count). The van der Waals surface area contributed by atoms with Crippen molar-refractivity contribution in [3.05, 3.63) is 181 Å². The minimum absolute atomic E-state index is 0.0106. The van der Waals surface area contributed by atoms with Crippen LogP contribution in [0.5, 0.6) is 0 Å². The van der Waals surface area contributed by atoms with E-state index in [9.17, 15) is 0 Å². The fraction of sp³-hybridized carbons (Fsp3) is 0.138. The molecule has 0 atom stereocenters. The SMILES string of the molecule is CC(C)(C)c1ccc(N2c3cc(-c4ccccc4)cc4c3B(c3sc5ccc(C(C)(C)C)cc5c32)c2cccc3c5cc6c(cc5n-4c23)c2ccccc2n6-c2ccccc2)cc1. The van der Waals surface area contributed by atoms with E-state index in [1.54, 1.807) is 0 Å². The Morgan fingerprint density at radius 3 is 1.83 bits per heavy atom. The number of hydrogen-bond donors (Lipinski definition) is 0. The lowest BCUT2D eigenvalue weighted by atomic mass is 9.36. The number of fused-ring (bicyclic) bond motifs is 12. The van der Waals surface area contributed by atoms with Crippen LogP contribution in [0.1, 0.15) is 52.7 Å². The molecule has 0 N–H and O–H groups in total. The Hall–Kier alpha value is -6.82. The average molecular weight is 828 g/mol. The first-order chi connectivity index (χ1) is 30.5. The van der Waals surface area contributed by atoms with E-state index in [0.29, 0.717) is 0 Å². The van der Waals surface area contributed by atoms with E-state index in [1.807, 2.05) is 11.3 Å².